The van der Waals surface area contributed by atoms with E-state index in [1.807, 2.05) is 0 Å². The van der Waals surface area contributed by atoms with Crippen LogP contribution in [0.3, 0.4) is 0 Å². The van der Waals surface area contributed by atoms with Crippen LogP contribution in [0.2, 0.25) is 0 Å². The lowest BCUT2D eigenvalue weighted by Gasteiger charge is -2.64. The van der Waals surface area contributed by atoms with E-state index < -0.39 is 295 Å². The van der Waals surface area contributed by atoms with E-state index in [1.54, 1.807) is 6.92 Å². The van der Waals surface area contributed by atoms with Gasteiger partial charge in [-0.15, -0.1) is 0 Å². The molecule has 11 aliphatic rings. The van der Waals surface area contributed by atoms with Gasteiger partial charge in [-0.1, -0.05) is 19.9 Å². The Balaban J connectivity index is 0.888. The average Bonchev–Trinajstić information content (AvgIpc) is 1.28. The van der Waals surface area contributed by atoms with Crippen LogP contribution in [0.4, 0.5) is 0 Å². The molecule has 37 heteroatoms. The minimum absolute atomic E-state index is 0.203. The third-order valence-corrected chi connectivity index (χ3v) is 23.9. The zero-order valence-corrected chi connectivity index (χ0v) is 55.1. The molecule has 7 aliphatic heterocycles. The van der Waals surface area contributed by atoms with Crippen molar-refractivity contribution in [2.75, 3.05) is 39.6 Å². The highest BCUT2D eigenvalue weighted by Gasteiger charge is 2.70. The third-order valence-electron chi connectivity index (χ3n) is 23.9. The van der Waals surface area contributed by atoms with Crippen LogP contribution in [-0.4, -0.2) is 383 Å². The molecule has 11 rings (SSSR count). The van der Waals surface area contributed by atoms with Crippen LogP contribution in [0.1, 0.15) is 84.5 Å². The molecule has 0 amide bonds. The second kappa shape index (κ2) is 31.2. The third kappa shape index (κ3) is 14.1. The minimum Gasteiger partial charge on any atom is -0.432 e. The fourth-order valence-electron chi connectivity index (χ4n) is 18.3. The number of carbonyl (C=O) groups excluding carboxylic acids is 1. The van der Waals surface area contributed by atoms with Gasteiger partial charge in [0.1, 0.15) is 159 Å². The van der Waals surface area contributed by atoms with Crippen molar-refractivity contribution in [2.45, 2.75) is 305 Å². The van der Waals surface area contributed by atoms with Crippen LogP contribution < -0.4 is 0 Å². The molecule has 0 aromatic carbocycles. The highest BCUT2D eigenvalue weighted by atomic mass is 16.8. The molecule has 100 heavy (non-hydrogen) atoms. The number of ether oxygens (including phenoxy) is 13. The van der Waals surface area contributed by atoms with Crippen molar-refractivity contribution < 1.29 is 184 Å². The van der Waals surface area contributed by atoms with Crippen molar-refractivity contribution in [3.63, 3.8) is 0 Å². The summed E-state index contributed by atoms with van der Waals surface area (Å²) in [6, 6.07) is 0. The fourth-order valence-corrected chi connectivity index (χ4v) is 18.3. The molecule has 7 heterocycles. The number of carbonyl (C=O) groups is 1. The van der Waals surface area contributed by atoms with Crippen molar-refractivity contribution in [2.24, 2.45) is 28.1 Å². The first-order chi connectivity index (χ1) is 47.3. The van der Waals surface area contributed by atoms with Crippen LogP contribution in [0, 0.1) is 28.1 Å². The van der Waals surface area contributed by atoms with E-state index in [0.717, 1.165) is 0 Å². The predicted molar refractivity (Wildman–Crippen MR) is 320 cm³/mol. The molecule has 0 aromatic rings. The Kier molecular flexibility index (Phi) is 24.6. The molecule has 37 unspecified atom stereocenters. The number of rotatable bonds is 21. The Morgan fingerprint density at radius 3 is 1.17 bits per heavy atom. The summed E-state index contributed by atoms with van der Waals surface area (Å²) in [5.74, 6) is -1.62. The van der Waals surface area contributed by atoms with Gasteiger partial charge < -0.3 is 179 Å². The molecule has 2 bridgehead atoms. The van der Waals surface area contributed by atoms with Gasteiger partial charge in [-0.25, -0.2) is 0 Å². The maximum absolute atomic E-state index is 15.8. The van der Waals surface area contributed by atoms with E-state index >= 15 is 4.79 Å². The quantitative estimate of drug-likeness (QED) is 0.0288. The van der Waals surface area contributed by atoms with Gasteiger partial charge in [-0.3, -0.25) is 4.79 Å². The summed E-state index contributed by atoms with van der Waals surface area (Å²) >= 11 is 0. The van der Waals surface area contributed by atoms with Gasteiger partial charge in [-0.05, 0) is 99.4 Å². The van der Waals surface area contributed by atoms with Crippen molar-refractivity contribution >= 4 is 5.97 Å². The number of aliphatic hydroxyl groups is 23. The van der Waals surface area contributed by atoms with Crippen LogP contribution in [0.5, 0.6) is 0 Å². The molecule has 41 atom stereocenters. The average molecular weight is 1450 g/mol. The Labute approximate surface area is 573 Å². The Morgan fingerprint density at radius 1 is 0.390 bits per heavy atom. The molecule has 7 saturated heterocycles. The zero-order valence-electron chi connectivity index (χ0n) is 55.1. The van der Waals surface area contributed by atoms with Crippen molar-refractivity contribution in [1.29, 1.82) is 0 Å². The molecule has 0 aromatic heterocycles. The smallest absolute Gasteiger partial charge is 0.314 e. The van der Waals surface area contributed by atoms with Gasteiger partial charge in [-0.2, -0.15) is 0 Å². The summed E-state index contributed by atoms with van der Waals surface area (Å²) in [5.41, 5.74) is -3.52. The highest BCUT2D eigenvalue weighted by Crippen LogP contribution is 2.74. The lowest BCUT2D eigenvalue weighted by molar-refractivity contribution is -0.400. The largest absolute Gasteiger partial charge is 0.432 e. The van der Waals surface area contributed by atoms with E-state index in [4.69, 9.17) is 61.6 Å². The first-order valence-corrected chi connectivity index (χ1v) is 34.3. The van der Waals surface area contributed by atoms with E-state index in [9.17, 15) is 117 Å². The Bertz CT molecular complexity index is 2720. The molecule has 0 radical (unpaired) electrons. The summed E-state index contributed by atoms with van der Waals surface area (Å²) < 4.78 is 80.0. The van der Waals surface area contributed by atoms with E-state index in [-0.39, 0.29) is 31.6 Å². The second-order valence-electron chi connectivity index (χ2n) is 29.7. The van der Waals surface area contributed by atoms with Crippen LogP contribution >= 0.6 is 0 Å². The van der Waals surface area contributed by atoms with Crippen LogP contribution in [0.15, 0.2) is 12.2 Å². The summed E-state index contributed by atoms with van der Waals surface area (Å²) in [4.78, 5) is 15.8. The van der Waals surface area contributed by atoms with Gasteiger partial charge in [0.25, 0.3) is 0 Å². The van der Waals surface area contributed by atoms with Crippen molar-refractivity contribution in [1.82, 2.24) is 0 Å². The fraction of sp³-hybridized carbons (Fsp3) is 0.952. The van der Waals surface area contributed by atoms with Crippen LogP contribution in [0.25, 0.3) is 0 Å². The van der Waals surface area contributed by atoms with E-state index in [2.05, 4.69) is 13.5 Å². The lowest BCUT2D eigenvalue weighted by Crippen LogP contribution is -2.68. The van der Waals surface area contributed by atoms with Gasteiger partial charge in [0, 0.05) is 0 Å². The van der Waals surface area contributed by atoms with Crippen LogP contribution in [-0.2, 0) is 66.4 Å². The number of esters is 1. The molecular weight excluding hydrogens is 1350 g/mol. The summed E-state index contributed by atoms with van der Waals surface area (Å²) in [6.07, 6.45) is -62.5. The first kappa shape index (κ1) is 78.9. The lowest BCUT2D eigenvalue weighted by atomic mass is 9.41. The SMILES string of the molecule is C=C1C[C@@]23CCC4[C@](C)(C(=O)OC5OC(CCC6OC(CO)C(O)C(O)C6O)C(O)C(OC6OC(CO)C(O)C(O)C6O)C5OC5OC(CO)C(O)C(O)C5O)CCC[C@@]4(C)[C@@H]2CCC1(OC1OC(CO)C(O)C(OC2OC(CO)C(O)C(O)C2O)C1OC1OC(CO)C(O)C(O)C1O)C3. The molecule has 11 fully saturated rings. The highest BCUT2D eigenvalue weighted by molar-refractivity contribution is 5.77. The van der Waals surface area contributed by atoms with Gasteiger partial charge in [0.05, 0.1) is 62.9 Å². The van der Waals surface area contributed by atoms with Gasteiger partial charge in [0.15, 0.2) is 37.6 Å². The number of hydrogen-bond donors (Lipinski definition) is 23. The van der Waals surface area contributed by atoms with E-state index in [0.29, 0.717) is 44.1 Å². The number of fused-ring (bicyclic) bond motifs is 3. The molecule has 576 valence electrons. The first-order valence-electron chi connectivity index (χ1n) is 34.3. The molecule has 23 N–H and O–H groups in total. The summed E-state index contributed by atoms with van der Waals surface area (Å²) in [6.45, 7) is 3.01. The molecular formula is C63H102O37. The minimum atomic E-state index is -2.15. The summed E-state index contributed by atoms with van der Waals surface area (Å²) in [5, 5.41) is 249. The maximum atomic E-state index is 15.8. The Morgan fingerprint density at radius 2 is 0.730 bits per heavy atom. The second-order valence-corrected chi connectivity index (χ2v) is 29.7. The van der Waals surface area contributed by atoms with Gasteiger partial charge in [0.2, 0.25) is 6.29 Å². The molecule has 4 aliphatic carbocycles. The zero-order chi connectivity index (χ0) is 72.7. The van der Waals surface area contributed by atoms with Gasteiger partial charge >= 0.3 is 5.97 Å². The summed E-state index contributed by atoms with van der Waals surface area (Å²) in [7, 11) is 0. The van der Waals surface area contributed by atoms with Crippen molar-refractivity contribution in [3.8, 4) is 0 Å². The predicted octanol–water partition coefficient (Wildman–Crippen LogP) is -10.8. The topological polar surface area (TPSA) is 602 Å². The molecule has 1 spiro atoms. The van der Waals surface area contributed by atoms with Crippen molar-refractivity contribution in [3.05, 3.63) is 12.2 Å². The maximum Gasteiger partial charge on any atom is 0.314 e. The molecule has 37 nitrogen and oxygen atoms in total. The standard InChI is InChI=1S/C63H102O37/c1-21-13-62-11-7-30-60(2,31(62)8-12-63(21,20-62)100-58-52(98-56-48(86)44(82)37(75)28(18-68)93-56)50(39(77)29(19-69)94-58)96-54-46(84)42(80)35(73)26(16-66)91-54)9-4-10-61(30,3)59(87)99-57-51(97-55-47(85)43(81)36(74)27(17-67)92-55)49(95-53-45(83)41(79)34(72)25(15-65)90-53)38(76)23(89-57)6-5-22-32(70)40(78)33(71)24(14-64)88-22/h22-58,64-86H,1,4-20H2,2-3H3/t22?,23?,24?,25?,26?,27?,28?,29?,30?,31-,32?,33?,34?,35?,36?,37?,38?,39?,40?,41?,42?,43?,44?,45?,46?,47?,48?,49?,50?,51?,52?,53?,54?,55?,56?,57?,58?,60+,61+,62+,63?/m0/s1. The van der Waals surface area contributed by atoms with E-state index in [1.165, 1.54) is 0 Å². The number of aliphatic hydroxyl groups excluding tert-OH is 23. The Hall–Kier alpha value is -2.19. The number of hydrogen-bond acceptors (Lipinski definition) is 37. The molecule has 4 saturated carbocycles. The normalized spacial score (nSPS) is 54.5. The monoisotopic (exact) mass is 1450 g/mol.